The zero-order valence-corrected chi connectivity index (χ0v) is 17.2. The van der Waals surface area contributed by atoms with Crippen LogP contribution in [0.4, 0.5) is 0 Å². The summed E-state index contributed by atoms with van der Waals surface area (Å²) in [5, 5.41) is 5.37. The number of pyridine rings is 1. The summed E-state index contributed by atoms with van der Waals surface area (Å²) in [6.07, 6.45) is 6.03. The van der Waals surface area contributed by atoms with Crippen molar-refractivity contribution in [3.63, 3.8) is 0 Å². The monoisotopic (exact) mass is 376 g/mol. The van der Waals surface area contributed by atoms with Crippen molar-refractivity contribution in [1.29, 1.82) is 0 Å². The summed E-state index contributed by atoms with van der Waals surface area (Å²) in [5.74, 6) is 0.705. The van der Waals surface area contributed by atoms with Crippen molar-refractivity contribution < 1.29 is 4.79 Å². The minimum atomic E-state index is 0.132. The quantitative estimate of drug-likeness (QED) is 0.688. The van der Waals surface area contributed by atoms with Crippen molar-refractivity contribution in [2.75, 3.05) is 13.1 Å². The number of hydrogen-bond acceptors (Lipinski definition) is 3. The van der Waals surface area contributed by atoms with Gasteiger partial charge >= 0.3 is 0 Å². The fourth-order valence-corrected chi connectivity index (χ4v) is 4.15. The molecule has 5 heteroatoms. The zero-order chi connectivity index (χ0) is 19.8. The molecule has 0 N–H and O–H groups in total. The number of rotatable bonds is 3. The van der Waals surface area contributed by atoms with Crippen LogP contribution in [-0.2, 0) is 6.54 Å². The van der Waals surface area contributed by atoms with E-state index in [9.17, 15) is 4.79 Å². The lowest BCUT2D eigenvalue weighted by Crippen LogP contribution is -2.39. The molecule has 1 fully saturated rings. The molecule has 146 valence electrons. The van der Waals surface area contributed by atoms with Crippen molar-refractivity contribution in [2.45, 2.75) is 47.1 Å². The standard InChI is InChI=1S/C23H28N4O/c1-15-12-24-27(13-15)14-19-7-9-26(10-8-19)23(28)21-11-17(3)25-22-18(4)16(2)5-6-20(21)22/h5-6,11-13,19H,7-10,14H2,1-4H3. The molecule has 28 heavy (non-hydrogen) atoms. The lowest BCUT2D eigenvalue weighted by atomic mass is 9.95. The minimum Gasteiger partial charge on any atom is -0.339 e. The molecule has 1 aromatic carbocycles. The SMILES string of the molecule is Cc1cnn(CC2CCN(C(=O)c3cc(C)nc4c(C)c(C)ccc34)CC2)c1. The van der Waals surface area contributed by atoms with Gasteiger partial charge in [-0.1, -0.05) is 12.1 Å². The number of fused-ring (bicyclic) bond motifs is 1. The first-order chi connectivity index (χ1) is 13.4. The Morgan fingerprint density at radius 2 is 1.89 bits per heavy atom. The first kappa shape index (κ1) is 18.7. The molecule has 1 aliphatic rings. The number of benzene rings is 1. The van der Waals surface area contributed by atoms with Gasteiger partial charge in [0, 0.05) is 36.9 Å². The average Bonchev–Trinajstić information content (AvgIpc) is 3.09. The van der Waals surface area contributed by atoms with Crippen LogP contribution in [0, 0.1) is 33.6 Å². The molecule has 0 spiro atoms. The molecule has 0 saturated carbocycles. The molecule has 1 saturated heterocycles. The molecular formula is C23H28N4O. The average molecular weight is 377 g/mol. The van der Waals surface area contributed by atoms with Gasteiger partial charge in [-0.15, -0.1) is 0 Å². The van der Waals surface area contributed by atoms with E-state index in [4.69, 9.17) is 4.98 Å². The van der Waals surface area contributed by atoms with Gasteiger partial charge in [-0.3, -0.25) is 14.5 Å². The van der Waals surface area contributed by atoms with Crippen molar-refractivity contribution in [3.8, 4) is 0 Å². The number of hydrogen-bond donors (Lipinski definition) is 0. The molecule has 3 aromatic rings. The van der Waals surface area contributed by atoms with Gasteiger partial charge in [0.2, 0.25) is 0 Å². The zero-order valence-electron chi connectivity index (χ0n) is 17.2. The van der Waals surface area contributed by atoms with Crippen molar-refractivity contribution >= 4 is 16.8 Å². The Morgan fingerprint density at radius 1 is 1.14 bits per heavy atom. The molecule has 5 nitrogen and oxygen atoms in total. The van der Waals surface area contributed by atoms with Crippen molar-refractivity contribution in [2.24, 2.45) is 5.92 Å². The van der Waals surface area contributed by atoms with Gasteiger partial charge in [-0.05, 0) is 69.2 Å². The van der Waals surface area contributed by atoms with Crippen molar-refractivity contribution in [3.05, 3.63) is 58.5 Å². The fourth-order valence-electron chi connectivity index (χ4n) is 4.15. The highest BCUT2D eigenvalue weighted by Gasteiger charge is 2.25. The van der Waals surface area contributed by atoms with E-state index >= 15 is 0 Å². The van der Waals surface area contributed by atoms with Crippen LogP contribution >= 0.6 is 0 Å². The number of amides is 1. The van der Waals surface area contributed by atoms with Crippen LogP contribution in [0.25, 0.3) is 10.9 Å². The Kier molecular flexibility index (Phi) is 4.92. The van der Waals surface area contributed by atoms with E-state index in [2.05, 4.69) is 38.1 Å². The largest absolute Gasteiger partial charge is 0.339 e. The second-order valence-electron chi connectivity index (χ2n) is 8.19. The maximum atomic E-state index is 13.3. The van der Waals surface area contributed by atoms with E-state index in [0.29, 0.717) is 5.92 Å². The van der Waals surface area contributed by atoms with Crippen LogP contribution < -0.4 is 0 Å². The van der Waals surface area contributed by atoms with Crippen LogP contribution in [-0.4, -0.2) is 38.7 Å². The molecule has 0 unspecified atom stereocenters. The van der Waals surface area contributed by atoms with Gasteiger partial charge in [0.25, 0.3) is 5.91 Å². The maximum Gasteiger partial charge on any atom is 0.254 e. The van der Waals surface area contributed by atoms with Gasteiger partial charge in [0.15, 0.2) is 0 Å². The van der Waals surface area contributed by atoms with E-state index in [1.165, 1.54) is 11.1 Å². The van der Waals surface area contributed by atoms with E-state index in [1.807, 2.05) is 34.8 Å². The fraction of sp³-hybridized carbons (Fsp3) is 0.435. The van der Waals surface area contributed by atoms with Gasteiger partial charge in [-0.25, -0.2) is 0 Å². The van der Waals surface area contributed by atoms with Crippen molar-refractivity contribution in [1.82, 2.24) is 19.7 Å². The van der Waals surface area contributed by atoms with E-state index in [-0.39, 0.29) is 5.91 Å². The number of aromatic nitrogens is 3. The lowest BCUT2D eigenvalue weighted by molar-refractivity contribution is 0.0683. The van der Waals surface area contributed by atoms with E-state index in [0.717, 1.165) is 60.2 Å². The summed E-state index contributed by atoms with van der Waals surface area (Å²) in [6, 6.07) is 6.08. The van der Waals surface area contributed by atoms with E-state index in [1.54, 1.807) is 0 Å². The first-order valence-corrected chi connectivity index (χ1v) is 10.1. The van der Waals surface area contributed by atoms with Crippen LogP contribution in [0.3, 0.4) is 0 Å². The summed E-state index contributed by atoms with van der Waals surface area (Å²) in [7, 11) is 0. The molecule has 1 amide bonds. The van der Waals surface area contributed by atoms with Crippen LogP contribution in [0.2, 0.25) is 0 Å². The molecule has 0 bridgehead atoms. The third kappa shape index (κ3) is 3.53. The normalized spacial score (nSPS) is 15.4. The van der Waals surface area contributed by atoms with Crippen LogP contribution in [0.15, 0.2) is 30.6 Å². The first-order valence-electron chi connectivity index (χ1n) is 10.1. The molecule has 0 atom stereocenters. The molecule has 0 radical (unpaired) electrons. The highest BCUT2D eigenvalue weighted by molar-refractivity contribution is 6.07. The van der Waals surface area contributed by atoms with Gasteiger partial charge < -0.3 is 4.90 Å². The third-order valence-electron chi connectivity index (χ3n) is 5.97. The van der Waals surface area contributed by atoms with Gasteiger partial charge in [-0.2, -0.15) is 5.10 Å². The lowest BCUT2D eigenvalue weighted by Gasteiger charge is -2.32. The maximum absolute atomic E-state index is 13.3. The number of aryl methyl sites for hydroxylation is 4. The Hall–Kier alpha value is -2.69. The Morgan fingerprint density at radius 3 is 2.57 bits per heavy atom. The summed E-state index contributed by atoms with van der Waals surface area (Å²) in [6.45, 7) is 10.7. The van der Waals surface area contributed by atoms with Gasteiger partial charge in [0.05, 0.1) is 17.3 Å². The number of piperidine rings is 1. The predicted octanol–water partition coefficient (Wildman–Crippen LogP) is 4.22. The molecule has 2 aromatic heterocycles. The minimum absolute atomic E-state index is 0.132. The molecule has 0 aliphatic carbocycles. The summed E-state index contributed by atoms with van der Waals surface area (Å²) in [4.78, 5) is 20.0. The second-order valence-corrected chi connectivity index (χ2v) is 8.19. The number of nitrogens with zero attached hydrogens (tertiary/aromatic N) is 4. The molecular weight excluding hydrogens is 348 g/mol. The highest BCUT2D eigenvalue weighted by atomic mass is 16.2. The third-order valence-corrected chi connectivity index (χ3v) is 5.97. The molecule has 1 aliphatic heterocycles. The number of carbonyl (C=O) groups excluding carboxylic acids is 1. The molecule has 4 rings (SSSR count). The highest BCUT2D eigenvalue weighted by Crippen LogP contribution is 2.27. The van der Waals surface area contributed by atoms with Gasteiger partial charge in [0.1, 0.15) is 0 Å². The Bertz CT molecular complexity index is 1030. The Balaban J connectivity index is 1.52. The van der Waals surface area contributed by atoms with Crippen LogP contribution in [0.1, 0.15) is 45.6 Å². The second kappa shape index (κ2) is 7.38. The molecule has 3 heterocycles. The predicted molar refractivity (Wildman–Crippen MR) is 112 cm³/mol. The number of carbonyl (C=O) groups is 1. The van der Waals surface area contributed by atoms with E-state index < -0.39 is 0 Å². The topological polar surface area (TPSA) is 51.0 Å². The van der Waals surface area contributed by atoms with Crippen LogP contribution in [0.5, 0.6) is 0 Å². The Labute approximate surface area is 166 Å². The smallest absolute Gasteiger partial charge is 0.254 e. The summed E-state index contributed by atoms with van der Waals surface area (Å²) < 4.78 is 2.03. The number of likely N-dealkylation sites (tertiary alicyclic amines) is 1. The summed E-state index contributed by atoms with van der Waals surface area (Å²) in [5.41, 5.74) is 6.19. The summed E-state index contributed by atoms with van der Waals surface area (Å²) >= 11 is 0.